The molecule has 0 amide bonds. The molecule has 144 valence electrons. The van der Waals surface area contributed by atoms with E-state index in [4.69, 9.17) is 11.6 Å². The van der Waals surface area contributed by atoms with Gasteiger partial charge in [-0.3, -0.25) is 4.79 Å². The highest BCUT2D eigenvalue weighted by Gasteiger charge is 2.41. The first kappa shape index (κ1) is 18.5. The first-order valence-corrected chi connectivity index (χ1v) is 10.3. The number of hydrogen-bond donors (Lipinski definition) is 0. The summed E-state index contributed by atoms with van der Waals surface area (Å²) in [5.41, 5.74) is 1.31. The van der Waals surface area contributed by atoms with E-state index in [9.17, 15) is 4.79 Å². The van der Waals surface area contributed by atoms with Crippen molar-refractivity contribution in [3.8, 4) is 0 Å². The number of aromatic nitrogens is 3. The molecule has 5 nitrogen and oxygen atoms in total. The number of piperidine rings is 1. The number of aryl methyl sites for hydroxylation is 1. The van der Waals surface area contributed by atoms with E-state index in [-0.39, 0.29) is 11.6 Å². The van der Waals surface area contributed by atoms with Gasteiger partial charge in [0.2, 0.25) is 0 Å². The van der Waals surface area contributed by atoms with Gasteiger partial charge < -0.3 is 9.47 Å². The fraction of sp³-hybridized carbons (Fsp3) is 0.571. The number of nitrogens with zero attached hydrogens (tertiary/aromatic N) is 4. The minimum absolute atomic E-state index is 0.139. The first-order chi connectivity index (χ1) is 12.9. The van der Waals surface area contributed by atoms with Gasteiger partial charge in [0.15, 0.2) is 5.82 Å². The molecule has 0 aromatic carbocycles. The van der Waals surface area contributed by atoms with E-state index in [0.29, 0.717) is 22.8 Å². The van der Waals surface area contributed by atoms with Crippen molar-refractivity contribution in [1.82, 2.24) is 14.5 Å². The van der Waals surface area contributed by atoms with Gasteiger partial charge in [-0.1, -0.05) is 31.5 Å². The number of rotatable bonds is 4. The summed E-state index contributed by atoms with van der Waals surface area (Å²) < 4.78 is 2.09. The summed E-state index contributed by atoms with van der Waals surface area (Å²) in [5, 5.41) is 0.602. The van der Waals surface area contributed by atoms with E-state index in [1.807, 2.05) is 13.0 Å². The summed E-state index contributed by atoms with van der Waals surface area (Å²) in [6, 6.07) is 5.97. The quantitative estimate of drug-likeness (QED) is 0.790. The molecule has 0 aliphatic carbocycles. The van der Waals surface area contributed by atoms with Crippen LogP contribution in [-0.2, 0) is 0 Å². The van der Waals surface area contributed by atoms with Gasteiger partial charge in [-0.25, -0.2) is 9.97 Å². The van der Waals surface area contributed by atoms with Crippen LogP contribution < -0.4 is 10.5 Å². The van der Waals surface area contributed by atoms with E-state index in [1.54, 1.807) is 12.3 Å². The molecule has 0 saturated carbocycles. The van der Waals surface area contributed by atoms with Crippen LogP contribution in [0.15, 0.2) is 29.2 Å². The van der Waals surface area contributed by atoms with Crippen molar-refractivity contribution in [2.45, 2.75) is 52.0 Å². The molecule has 2 aliphatic rings. The molecule has 6 heteroatoms. The average Bonchev–Trinajstić information content (AvgIpc) is 2.63. The Kier molecular flexibility index (Phi) is 4.97. The minimum Gasteiger partial charge on any atom is -0.354 e. The predicted octanol–water partition coefficient (Wildman–Crippen LogP) is 4.20. The van der Waals surface area contributed by atoms with Crippen LogP contribution in [0.5, 0.6) is 0 Å². The molecule has 2 aromatic heterocycles. The highest BCUT2D eigenvalue weighted by atomic mass is 35.5. The molecule has 1 fully saturated rings. The Morgan fingerprint density at radius 3 is 2.89 bits per heavy atom. The van der Waals surface area contributed by atoms with Crippen LogP contribution in [0.2, 0.25) is 5.02 Å². The van der Waals surface area contributed by atoms with Crippen LogP contribution in [0.1, 0.15) is 56.6 Å². The van der Waals surface area contributed by atoms with Crippen molar-refractivity contribution in [2.75, 3.05) is 18.0 Å². The lowest BCUT2D eigenvalue weighted by molar-refractivity contribution is 0.194. The number of hydrogen-bond acceptors (Lipinski definition) is 4. The molecule has 3 atom stereocenters. The van der Waals surface area contributed by atoms with Gasteiger partial charge >= 0.3 is 0 Å². The van der Waals surface area contributed by atoms with Crippen LogP contribution >= 0.6 is 11.6 Å². The summed E-state index contributed by atoms with van der Waals surface area (Å²) in [7, 11) is 0. The smallest absolute Gasteiger partial charge is 0.250 e. The Morgan fingerprint density at radius 2 is 2.11 bits per heavy atom. The topological polar surface area (TPSA) is 51.0 Å². The molecule has 2 aliphatic heterocycles. The molecule has 2 aromatic rings. The van der Waals surface area contributed by atoms with Crippen LogP contribution in [0.3, 0.4) is 0 Å². The van der Waals surface area contributed by atoms with Gasteiger partial charge in [0, 0.05) is 36.8 Å². The fourth-order valence-electron chi connectivity index (χ4n) is 4.75. The van der Waals surface area contributed by atoms with Crippen molar-refractivity contribution in [2.24, 2.45) is 11.8 Å². The Hall–Kier alpha value is -1.88. The standard InChI is InChI=1S/C21H27ClN4O/c1-13(2)7-8-19-16-9-15(18-5-4-6-20(27)26(18)19)11-25(12-16)21-17(22)10-23-14(3)24-21/h4-6,10,13,15-16,19H,7-9,11-12H2,1-3H3/t15-,16+,19+/m1/s1. The third-order valence-corrected chi connectivity index (χ3v) is 6.25. The van der Waals surface area contributed by atoms with E-state index in [1.165, 1.54) is 5.69 Å². The lowest BCUT2D eigenvalue weighted by Crippen LogP contribution is -2.50. The molecule has 0 N–H and O–H groups in total. The summed E-state index contributed by atoms with van der Waals surface area (Å²) in [6.45, 7) is 8.11. The fourth-order valence-corrected chi connectivity index (χ4v) is 4.96. The number of fused-ring (bicyclic) bond motifs is 4. The molecule has 0 radical (unpaired) electrons. The molecule has 0 unspecified atom stereocenters. The first-order valence-electron chi connectivity index (χ1n) is 9.89. The van der Waals surface area contributed by atoms with Crippen molar-refractivity contribution >= 4 is 17.4 Å². The van der Waals surface area contributed by atoms with Crippen LogP contribution in [0.4, 0.5) is 5.82 Å². The van der Waals surface area contributed by atoms with E-state index in [2.05, 4.69) is 39.3 Å². The number of pyridine rings is 1. The summed E-state index contributed by atoms with van der Waals surface area (Å²) in [6.07, 6.45) is 4.99. The summed E-state index contributed by atoms with van der Waals surface area (Å²) in [4.78, 5) is 23.8. The third kappa shape index (κ3) is 3.49. The zero-order chi connectivity index (χ0) is 19.1. The van der Waals surface area contributed by atoms with E-state index in [0.717, 1.165) is 44.0 Å². The monoisotopic (exact) mass is 386 g/mol. The lowest BCUT2D eigenvalue weighted by atomic mass is 9.76. The molecule has 4 heterocycles. The van der Waals surface area contributed by atoms with Crippen molar-refractivity contribution in [1.29, 1.82) is 0 Å². The van der Waals surface area contributed by atoms with Gasteiger partial charge in [0.05, 0.1) is 6.20 Å². The Morgan fingerprint density at radius 1 is 1.30 bits per heavy atom. The normalized spacial score (nSPS) is 24.2. The zero-order valence-corrected chi connectivity index (χ0v) is 17.0. The molecule has 2 bridgehead atoms. The summed E-state index contributed by atoms with van der Waals surface area (Å²) >= 11 is 6.43. The lowest BCUT2D eigenvalue weighted by Gasteiger charge is -2.47. The highest BCUT2D eigenvalue weighted by molar-refractivity contribution is 6.32. The van der Waals surface area contributed by atoms with Crippen molar-refractivity contribution < 1.29 is 0 Å². The molecular weight excluding hydrogens is 360 g/mol. The summed E-state index contributed by atoms with van der Waals surface area (Å²) in [5.74, 6) is 2.95. The van der Waals surface area contributed by atoms with Crippen LogP contribution in [-0.4, -0.2) is 27.6 Å². The average molecular weight is 387 g/mol. The Balaban J connectivity index is 1.73. The number of halogens is 1. The second-order valence-electron chi connectivity index (χ2n) is 8.38. The Bertz CT molecular complexity index is 894. The molecule has 0 spiro atoms. The van der Waals surface area contributed by atoms with E-state index < -0.39 is 0 Å². The number of anilines is 1. The van der Waals surface area contributed by atoms with Gasteiger partial charge in [-0.2, -0.15) is 0 Å². The molecular formula is C21H27ClN4O. The highest BCUT2D eigenvalue weighted by Crippen LogP contribution is 2.44. The van der Waals surface area contributed by atoms with Gasteiger partial charge in [-0.15, -0.1) is 0 Å². The Labute approximate surface area is 165 Å². The van der Waals surface area contributed by atoms with Crippen LogP contribution in [0.25, 0.3) is 0 Å². The SMILES string of the molecule is Cc1ncc(Cl)c(N2C[C@H]3C[C@@H](C2)[C@H](CCC(C)C)n2c3cccc2=O)n1. The molecule has 4 rings (SSSR count). The van der Waals surface area contributed by atoms with Gasteiger partial charge in [-0.05, 0) is 44.1 Å². The van der Waals surface area contributed by atoms with Gasteiger partial charge in [0.1, 0.15) is 10.8 Å². The molecule has 1 saturated heterocycles. The third-order valence-electron chi connectivity index (χ3n) is 5.98. The predicted molar refractivity (Wildman–Crippen MR) is 109 cm³/mol. The second kappa shape index (κ2) is 7.27. The van der Waals surface area contributed by atoms with Crippen LogP contribution in [0, 0.1) is 18.8 Å². The van der Waals surface area contributed by atoms with E-state index >= 15 is 0 Å². The maximum atomic E-state index is 12.7. The zero-order valence-electron chi connectivity index (χ0n) is 16.2. The second-order valence-corrected chi connectivity index (χ2v) is 8.79. The van der Waals surface area contributed by atoms with Crippen molar-refractivity contribution in [3.05, 3.63) is 51.3 Å². The maximum absolute atomic E-state index is 12.7. The largest absolute Gasteiger partial charge is 0.354 e. The van der Waals surface area contributed by atoms with Gasteiger partial charge in [0.25, 0.3) is 5.56 Å². The van der Waals surface area contributed by atoms with Crippen molar-refractivity contribution in [3.63, 3.8) is 0 Å². The maximum Gasteiger partial charge on any atom is 0.250 e. The molecule has 27 heavy (non-hydrogen) atoms. The minimum atomic E-state index is 0.139.